The smallest absolute Gasteiger partial charge is 0.267 e. The van der Waals surface area contributed by atoms with Gasteiger partial charge in [0.1, 0.15) is 15.8 Å². The lowest BCUT2D eigenvalue weighted by atomic mass is 9.90. The third kappa shape index (κ3) is 5.41. The SMILES string of the molecule is Cc1cccn2c(=O)c(C=C3SC(=S)N(Cc4ccc5c(c4)OCO5)C3=O)c(N3CCC(Cc4ccccc4)CC3)nc12. The molecule has 0 unspecified atom stereocenters. The molecule has 2 aromatic carbocycles. The van der Waals surface area contributed by atoms with Gasteiger partial charge in [0.15, 0.2) is 11.5 Å². The number of hydrogen-bond donors (Lipinski definition) is 0. The number of nitrogens with zero attached hydrogens (tertiary/aromatic N) is 4. The summed E-state index contributed by atoms with van der Waals surface area (Å²) in [6.45, 7) is 4.02. The van der Waals surface area contributed by atoms with Crippen molar-refractivity contribution in [2.75, 3.05) is 24.8 Å². The topological polar surface area (TPSA) is 76.4 Å². The van der Waals surface area contributed by atoms with Crippen molar-refractivity contribution in [2.45, 2.75) is 32.7 Å². The lowest BCUT2D eigenvalue weighted by molar-refractivity contribution is -0.122. The van der Waals surface area contributed by atoms with E-state index in [1.165, 1.54) is 17.3 Å². The summed E-state index contributed by atoms with van der Waals surface area (Å²) in [6.07, 6.45) is 6.46. The zero-order chi connectivity index (χ0) is 29.5. The Morgan fingerprint density at radius 2 is 1.79 bits per heavy atom. The first-order valence-electron chi connectivity index (χ1n) is 14.4. The largest absolute Gasteiger partial charge is 0.454 e. The average Bonchev–Trinajstić information content (AvgIpc) is 3.59. The number of hydrogen-bond acceptors (Lipinski definition) is 8. The van der Waals surface area contributed by atoms with Gasteiger partial charge in [0.25, 0.3) is 11.5 Å². The van der Waals surface area contributed by atoms with Crippen molar-refractivity contribution in [3.8, 4) is 11.5 Å². The molecule has 4 aromatic rings. The van der Waals surface area contributed by atoms with E-state index in [1.807, 2.05) is 43.3 Å². The van der Waals surface area contributed by atoms with Crippen LogP contribution in [0.15, 0.2) is 76.6 Å². The molecular formula is C33H30N4O4S2. The van der Waals surface area contributed by atoms with Crippen molar-refractivity contribution in [3.63, 3.8) is 0 Å². The fraction of sp³-hybridized carbons (Fsp3) is 0.273. The number of fused-ring (bicyclic) bond motifs is 2. The van der Waals surface area contributed by atoms with Crippen LogP contribution in [0, 0.1) is 12.8 Å². The first kappa shape index (κ1) is 27.7. The summed E-state index contributed by atoms with van der Waals surface area (Å²) in [4.78, 5) is 36.8. The number of aromatic nitrogens is 2. The van der Waals surface area contributed by atoms with Gasteiger partial charge in [-0.15, -0.1) is 0 Å². The molecule has 1 amide bonds. The van der Waals surface area contributed by atoms with E-state index >= 15 is 0 Å². The summed E-state index contributed by atoms with van der Waals surface area (Å²) in [7, 11) is 0. The Morgan fingerprint density at radius 3 is 2.60 bits per heavy atom. The maximum atomic E-state index is 14.0. The number of carbonyl (C=O) groups is 1. The molecule has 10 heteroatoms. The van der Waals surface area contributed by atoms with E-state index in [1.54, 1.807) is 21.6 Å². The minimum atomic E-state index is -0.228. The summed E-state index contributed by atoms with van der Waals surface area (Å²) in [5.41, 5.74) is 3.98. The molecule has 7 rings (SSSR count). The van der Waals surface area contributed by atoms with E-state index in [4.69, 9.17) is 26.7 Å². The first-order chi connectivity index (χ1) is 20.9. The second kappa shape index (κ2) is 11.5. The molecule has 2 fully saturated rings. The number of carbonyl (C=O) groups excluding carboxylic acids is 1. The molecule has 43 heavy (non-hydrogen) atoms. The zero-order valence-corrected chi connectivity index (χ0v) is 25.3. The highest BCUT2D eigenvalue weighted by atomic mass is 32.2. The molecule has 218 valence electrons. The van der Waals surface area contributed by atoms with Gasteiger partial charge in [-0.3, -0.25) is 18.9 Å². The van der Waals surface area contributed by atoms with Gasteiger partial charge in [0.05, 0.1) is 17.0 Å². The Hall–Kier alpha value is -4.15. The van der Waals surface area contributed by atoms with Crippen LogP contribution in [0.2, 0.25) is 0 Å². The number of thioether (sulfide) groups is 1. The fourth-order valence-corrected chi connectivity index (χ4v) is 7.19. The molecule has 0 spiro atoms. The minimum Gasteiger partial charge on any atom is -0.454 e. The highest BCUT2D eigenvalue weighted by Crippen LogP contribution is 2.37. The van der Waals surface area contributed by atoms with E-state index in [-0.39, 0.29) is 18.3 Å². The molecule has 3 aliphatic heterocycles. The number of aryl methyl sites for hydroxylation is 1. The Labute approximate surface area is 258 Å². The highest BCUT2D eigenvalue weighted by Gasteiger charge is 2.34. The number of piperidine rings is 1. The van der Waals surface area contributed by atoms with Crippen LogP contribution < -0.4 is 19.9 Å². The molecule has 0 bridgehead atoms. The lowest BCUT2D eigenvalue weighted by Gasteiger charge is -2.33. The number of thiocarbonyl (C=S) groups is 1. The van der Waals surface area contributed by atoms with Crippen molar-refractivity contribution in [1.29, 1.82) is 0 Å². The van der Waals surface area contributed by atoms with E-state index in [2.05, 4.69) is 29.2 Å². The van der Waals surface area contributed by atoms with Crippen LogP contribution in [0.5, 0.6) is 11.5 Å². The molecule has 0 radical (unpaired) electrons. The molecule has 0 N–H and O–H groups in total. The van der Waals surface area contributed by atoms with E-state index in [9.17, 15) is 9.59 Å². The Bertz CT molecular complexity index is 1830. The fourth-order valence-electron chi connectivity index (χ4n) is 5.95. The van der Waals surface area contributed by atoms with Crippen LogP contribution in [-0.4, -0.2) is 44.4 Å². The van der Waals surface area contributed by atoms with E-state index in [0.29, 0.717) is 50.2 Å². The molecule has 5 heterocycles. The molecule has 2 saturated heterocycles. The highest BCUT2D eigenvalue weighted by molar-refractivity contribution is 8.26. The van der Waals surface area contributed by atoms with Gasteiger partial charge in [0, 0.05) is 19.3 Å². The second-order valence-electron chi connectivity index (χ2n) is 11.1. The van der Waals surface area contributed by atoms with Crippen LogP contribution >= 0.6 is 24.0 Å². The molecule has 0 saturated carbocycles. The number of benzene rings is 2. The van der Waals surface area contributed by atoms with Crippen molar-refractivity contribution >= 4 is 51.7 Å². The predicted octanol–water partition coefficient (Wildman–Crippen LogP) is 5.59. The van der Waals surface area contributed by atoms with Crippen LogP contribution in [-0.2, 0) is 17.8 Å². The van der Waals surface area contributed by atoms with Gasteiger partial charge in [-0.25, -0.2) is 4.98 Å². The van der Waals surface area contributed by atoms with Crippen LogP contribution in [0.3, 0.4) is 0 Å². The third-order valence-electron chi connectivity index (χ3n) is 8.27. The molecular weight excluding hydrogens is 581 g/mol. The normalized spacial score (nSPS) is 17.9. The summed E-state index contributed by atoms with van der Waals surface area (Å²) in [5.74, 6) is 2.30. The third-order valence-corrected chi connectivity index (χ3v) is 9.65. The molecule has 8 nitrogen and oxygen atoms in total. The molecule has 0 atom stereocenters. The minimum absolute atomic E-state index is 0.185. The van der Waals surface area contributed by atoms with Gasteiger partial charge in [0.2, 0.25) is 6.79 Å². The quantitative estimate of drug-likeness (QED) is 0.207. The van der Waals surface area contributed by atoms with Gasteiger partial charge < -0.3 is 14.4 Å². The maximum Gasteiger partial charge on any atom is 0.267 e. The van der Waals surface area contributed by atoms with Crippen molar-refractivity contribution < 1.29 is 14.3 Å². The number of amides is 1. The summed E-state index contributed by atoms with van der Waals surface area (Å²) < 4.78 is 12.9. The van der Waals surface area contributed by atoms with Gasteiger partial charge in [-0.1, -0.05) is 66.4 Å². The van der Waals surface area contributed by atoms with Crippen LogP contribution in [0.1, 0.15) is 35.1 Å². The van der Waals surface area contributed by atoms with Crippen molar-refractivity contribution in [3.05, 3.63) is 104 Å². The van der Waals surface area contributed by atoms with Gasteiger partial charge >= 0.3 is 0 Å². The molecule has 2 aromatic heterocycles. The standard InChI is InChI=1S/C33H30N4O4S2/c1-21-6-5-13-36-29(21)34-30(35-14-11-23(12-15-35)16-22-7-3-2-4-8-22)25(31(36)38)18-28-32(39)37(33(42)43-28)19-24-9-10-26-27(17-24)41-20-40-26/h2-10,13,17-18,23H,11-12,14-16,19-20H2,1H3. The first-order valence-corrected chi connectivity index (χ1v) is 15.6. The average molecular weight is 611 g/mol. The summed E-state index contributed by atoms with van der Waals surface area (Å²) >= 11 is 6.84. The number of rotatable bonds is 6. The maximum absolute atomic E-state index is 14.0. The Balaban J connectivity index is 1.19. The second-order valence-corrected chi connectivity index (χ2v) is 12.8. The van der Waals surface area contributed by atoms with Gasteiger partial charge in [-0.2, -0.15) is 0 Å². The summed E-state index contributed by atoms with van der Waals surface area (Å²) in [5, 5.41) is 0. The van der Waals surface area contributed by atoms with Crippen LogP contribution in [0.4, 0.5) is 5.82 Å². The van der Waals surface area contributed by atoms with Crippen molar-refractivity contribution in [2.24, 2.45) is 5.92 Å². The monoisotopic (exact) mass is 610 g/mol. The zero-order valence-electron chi connectivity index (χ0n) is 23.7. The number of ether oxygens (including phenoxy) is 2. The molecule has 0 aliphatic carbocycles. The van der Waals surface area contributed by atoms with E-state index < -0.39 is 0 Å². The van der Waals surface area contributed by atoms with Gasteiger partial charge in [-0.05, 0) is 73.1 Å². The Morgan fingerprint density at radius 1 is 1.00 bits per heavy atom. The van der Waals surface area contributed by atoms with Crippen LogP contribution in [0.25, 0.3) is 11.7 Å². The summed E-state index contributed by atoms with van der Waals surface area (Å²) in [6, 6.07) is 20.0. The predicted molar refractivity (Wildman–Crippen MR) is 173 cm³/mol. The van der Waals surface area contributed by atoms with Crippen molar-refractivity contribution in [1.82, 2.24) is 14.3 Å². The molecule has 3 aliphatic rings. The number of pyridine rings is 1. The van der Waals surface area contributed by atoms with E-state index in [0.717, 1.165) is 43.5 Å². The number of anilines is 1. The Kier molecular flexibility index (Phi) is 7.40. The lowest BCUT2D eigenvalue weighted by Crippen LogP contribution is -2.37.